The molecule has 0 aliphatic heterocycles. The minimum absolute atomic E-state index is 0.0330. The fourth-order valence-electron chi connectivity index (χ4n) is 2.38. The Hall–Kier alpha value is -3.54. The second kappa shape index (κ2) is 10.3. The van der Waals surface area contributed by atoms with Gasteiger partial charge in [-0.2, -0.15) is 0 Å². The van der Waals surface area contributed by atoms with Crippen LogP contribution in [0, 0.1) is 17.0 Å². The van der Waals surface area contributed by atoms with Gasteiger partial charge >= 0.3 is 17.8 Å². The molecule has 0 unspecified atom stereocenters. The smallest absolute Gasteiger partial charge is 0.406 e. The fourth-order valence-corrected chi connectivity index (χ4v) is 3.48. The van der Waals surface area contributed by atoms with Crippen molar-refractivity contribution in [1.29, 1.82) is 0 Å². The molecule has 160 valence electrons. The van der Waals surface area contributed by atoms with Gasteiger partial charge in [0, 0.05) is 0 Å². The van der Waals surface area contributed by atoms with Gasteiger partial charge in [-0.1, -0.05) is 0 Å². The third kappa shape index (κ3) is 5.29. The zero-order chi connectivity index (χ0) is 22.3. The molecule has 0 radical (unpaired) electrons. The molecule has 2 aromatic rings. The van der Waals surface area contributed by atoms with E-state index in [0.717, 1.165) is 11.3 Å². The number of pyridine rings is 1. The maximum Gasteiger partial charge on any atom is 0.406 e. The van der Waals surface area contributed by atoms with Crippen LogP contribution in [0.5, 0.6) is 5.75 Å². The van der Waals surface area contributed by atoms with Gasteiger partial charge in [-0.05, 0) is 48.4 Å². The van der Waals surface area contributed by atoms with Gasteiger partial charge in [0.25, 0.3) is 5.91 Å². The van der Waals surface area contributed by atoms with E-state index in [1.807, 2.05) is 0 Å². The molecule has 0 aliphatic rings. The molecule has 11 nitrogen and oxygen atoms in total. The van der Waals surface area contributed by atoms with Crippen LogP contribution in [-0.2, 0) is 14.3 Å². The van der Waals surface area contributed by atoms with E-state index in [4.69, 9.17) is 14.2 Å². The van der Waals surface area contributed by atoms with E-state index in [0.29, 0.717) is 5.56 Å². The van der Waals surface area contributed by atoms with Crippen LogP contribution >= 0.6 is 11.3 Å². The van der Waals surface area contributed by atoms with Crippen molar-refractivity contribution in [3.05, 3.63) is 44.4 Å². The Kier molecular flexibility index (Phi) is 7.81. The van der Waals surface area contributed by atoms with Crippen LogP contribution in [0.2, 0.25) is 0 Å². The molecule has 0 saturated carbocycles. The quantitative estimate of drug-likeness (QED) is 0.355. The monoisotopic (exact) mass is 437 g/mol. The van der Waals surface area contributed by atoms with Crippen molar-refractivity contribution in [3.63, 3.8) is 0 Å². The zero-order valence-electron chi connectivity index (χ0n) is 16.4. The summed E-state index contributed by atoms with van der Waals surface area (Å²) in [6, 6.07) is 2.73. The number of ether oxygens (including phenoxy) is 3. The second-order valence-electron chi connectivity index (χ2n) is 5.62. The van der Waals surface area contributed by atoms with Crippen molar-refractivity contribution in [3.8, 4) is 5.75 Å². The Labute approximate surface area is 175 Å². The molecule has 0 atom stereocenters. The van der Waals surface area contributed by atoms with Crippen LogP contribution in [-0.4, -0.2) is 47.6 Å². The fraction of sp³-hybridized carbons (Fsp3) is 0.333. The van der Waals surface area contributed by atoms with Gasteiger partial charge in [0.2, 0.25) is 5.75 Å². The van der Waals surface area contributed by atoms with Crippen LogP contribution in [0.1, 0.15) is 39.4 Å². The van der Waals surface area contributed by atoms with Crippen LogP contribution in [0.25, 0.3) is 0 Å². The Bertz CT molecular complexity index is 972. The maximum absolute atomic E-state index is 12.3. The Morgan fingerprint density at radius 2 is 1.87 bits per heavy atom. The normalized spacial score (nSPS) is 10.2. The molecule has 2 aromatic heterocycles. The molecule has 30 heavy (non-hydrogen) atoms. The summed E-state index contributed by atoms with van der Waals surface area (Å²) in [6.45, 7) is 4.47. The molecule has 0 saturated heterocycles. The maximum atomic E-state index is 12.3. The van der Waals surface area contributed by atoms with Crippen LogP contribution in [0.4, 0.5) is 10.8 Å². The summed E-state index contributed by atoms with van der Waals surface area (Å²) in [6.07, 6.45) is 1.22. The van der Waals surface area contributed by atoms with E-state index >= 15 is 0 Å². The minimum atomic E-state index is -0.736. The molecule has 12 heteroatoms. The van der Waals surface area contributed by atoms with Gasteiger partial charge < -0.3 is 29.6 Å². The van der Waals surface area contributed by atoms with Crippen molar-refractivity contribution in [2.24, 2.45) is 0 Å². The van der Waals surface area contributed by atoms with E-state index in [-0.39, 0.29) is 34.4 Å². The Morgan fingerprint density at radius 3 is 2.50 bits per heavy atom. The summed E-state index contributed by atoms with van der Waals surface area (Å²) in [5.74, 6) is -2.75. The number of aromatic nitrogens is 1. The van der Waals surface area contributed by atoms with Gasteiger partial charge in [-0.25, -0.2) is 9.59 Å². The summed E-state index contributed by atoms with van der Waals surface area (Å²) >= 11 is 0.863. The summed E-state index contributed by atoms with van der Waals surface area (Å²) < 4.78 is 15.2. The third-order valence-corrected chi connectivity index (χ3v) is 4.81. The largest absolute Gasteiger partial charge is 0.476 e. The number of hydrogen-bond acceptors (Lipinski definition) is 10. The number of nitro groups is 1. The first-order valence-corrected chi connectivity index (χ1v) is 9.61. The number of nitrogens with zero attached hydrogens (tertiary/aromatic N) is 2. The zero-order valence-corrected chi connectivity index (χ0v) is 17.2. The van der Waals surface area contributed by atoms with E-state index in [2.05, 4.69) is 10.3 Å². The predicted octanol–water partition coefficient (Wildman–Crippen LogP) is 2.73. The molecule has 1 N–H and O–H groups in total. The molecule has 2 heterocycles. The van der Waals surface area contributed by atoms with Gasteiger partial charge in [0.15, 0.2) is 6.61 Å². The van der Waals surface area contributed by atoms with Gasteiger partial charge in [0.05, 0.1) is 18.8 Å². The first-order chi connectivity index (χ1) is 14.3. The lowest BCUT2D eigenvalue weighted by Crippen LogP contribution is -2.21. The molecule has 1 amide bonds. The number of amides is 1. The lowest BCUT2D eigenvalue weighted by atomic mass is 10.1. The van der Waals surface area contributed by atoms with E-state index in [1.54, 1.807) is 20.8 Å². The van der Waals surface area contributed by atoms with Gasteiger partial charge in [-0.15, -0.1) is 11.3 Å². The highest BCUT2D eigenvalue weighted by molar-refractivity contribution is 7.18. The Balaban J connectivity index is 2.23. The molecule has 0 fully saturated rings. The van der Waals surface area contributed by atoms with Crippen LogP contribution < -0.4 is 10.1 Å². The first kappa shape index (κ1) is 22.7. The molecular formula is C18H19N3O8S. The Morgan fingerprint density at radius 1 is 1.20 bits per heavy atom. The molecule has 0 aliphatic carbocycles. The van der Waals surface area contributed by atoms with Gasteiger partial charge in [0.1, 0.15) is 16.1 Å². The van der Waals surface area contributed by atoms with E-state index in [1.165, 1.54) is 18.3 Å². The number of esters is 2. The van der Waals surface area contributed by atoms with Crippen molar-refractivity contribution in [1.82, 2.24) is 4.98 Å². The summed E-state index contributed by atoms with van der Waals surface area (Å²) in [5, 5.41) is 13.5. The van der Waals surface area contributed by atoms with Crippen LogP contribution in [0.3, 0.4) is 0 Å². The molecular weight excluding hydrogens is 418 g/mol. The summed E-state index contributed by atoms with van der Waals surface area (Å²) in [7, 11) is 0. The van der Waals surface area contributed by atoms with Crippen molar-refractivity contribution >= 4 is 40.0 Å². The molecule has 2 rings (SSSR count). The molecule has 0 spiro atoms. The first-order valence-electron chi connectivity index (χ1n) is 8.79. The van der Waals surface area contributed by atoms with Crippen molar-refractivity contribution in [2.75, 3.05) is 25.1 Å². The topological polar surface area (TPSA) is 147 Å². The number of thiophene rings is 1. The lowest BCUT2D eigenvalue weighted by molar-refractivity contribution is -0.390. The predicted molar refractivity (Wildman–Crippen MR) is 106 cm³/mol. The minimum Gasteiger partial charge on any atom is -0.476 e. The highest BCUT2D eigenvalue weighted by Crippen LogP contribution is 2.34. The molecule has 0 bridgehead atoms. The number of carbonyl (C=O) groups is 3. The van der Waals surface area contributed by atoms with Gasteiger partial charge in [-0.3, -0.25) is 4.79 Å². The summed E-state index contributed by atoms with van der Waals surface area (Å²) in [4.78, 5) is 50.8. The standard InChI is InChI=1S/C18H19N3O8S/c1-4-27-17(23)13-10(3)14(18(24)28-5-2)30-16(13)20-12(22)9-29-11-7-6-8-19-15(11)21(25)26/h6-8H,4-5,9H2,1-3H3,(H,20,22). The molecule has 0 aromatic carbocycles. The highest BCUT2D eigenvalue weighted by atomic mass is 32.1. The number of carbonyl (C=O) groups excluding carboxylic acids is 3. The lowest BCUT2D eigenvalue weighted by Gasteiger charge is -2.08. The second-order valence-corrected chi connectivity index (χ2v) is 6.64. The number of hydrogen-bond donors (Lipinski definition) is 1. The SMILES string of the molecule is CCOC(=O)c1sc(NC(=O)COc2cccnc2[N+](=O)[O-])c(C(=O)OCC)c1C. The summed E-state index contributed by atoms with van der Waals surface area (Å²) in [5.41, 5.74) is 0.349. The number of rotatable bonds is 9. The number of nitrogens with one attached hydrogen (secondary N) is 1. The number of anilines is 1. The third-order valence-electron chi connectivity index (χ3n) is 3.62. The average molecular weight is 437 g/mol. The van der Waals surface area contributed by atoms with E-state index in [9.17, 15) is 24.5 Å². The average Bonchev–Trinajstić information content (AvgIpc) is 3.02. The van der Waals surface area contributed by atoms with Crippen LogP contribution in [0.15, 0.2) is 18.3 Å². The van der Waals surface area contributed by atoms with Crippen molar-refractivity contribution < 1.29 is 33.5 Å². The highest BCUT2D eigenvalue weighted by Gasteiger charge is 2.27. The van der Waals surface area contributed by atoms with E-state index < -0.39 is 35.2 Å². The van der Waals surface area contributed by atoms with Crippen molar-refractivity contribution in [2.45, 2.75) is 20.8 Å².